The second kappa shape index (κ2) is 31.8. The Morgan fingerprint density at radius 2 is 1.03 bits per heavy atom. The van der Waals surface area contributed by atoms with Crippen LogP contribution < -0.4 is 32.3 Å². The Morgan fingerprint density at radius 1 is 0.590 bits per heavy atom. The van der Waals surface area contributed by atoms with Crippen molar-refractivity contribution in [2.45, 2.75) is 77.5 Å². The van der Waals surface area contributed by atoms with Crippen molar-refractivity contribution in [1.29, 1.82) is 0 Å². The van der Waals surface area contributed by atoms with Gasteiger partial charge in [-0.05, 0) is 26.2 Å². The van der Waals surface area contributed by atoms with Gasteiger partial charge in [-0.1, -0.05) is 13.8 Å². The minimum atomic E-state index is -1.48. The molecule has 1 aliphatic heterocycles. The number of nitrogens with two attached hydrogens (primary N) is 1. The number of primary amides is 1. The highest BCUT2D eigenvalue weighted by Crippen LogP contribution is 2.07. The van der Waals surface area contributed by atoms with E-state index in [1.165, 1.54) is 26.0 Å². The number of ether oxygens (including phenoxy) is 6. The van der Waals surface area contributed by atoms with Gasteiger partial charge in [-0.15, -0.1) is 0 Å². The van der Waals surface area contributed by atoms with Crippen LogP contribution in [0.4, 0.5) is 0 Å². The lowest BCUT2D eigenvalue weighted by molar-refractivity contribution is -0.143. The quantitative estimate of drug-likeness (QED) is 0.0242. The zero-order valence-corrected chi connectivity index (χ0v) is 35.4. The lowest BCUT2D eigenvalue weighted by atomic mass is 10.0. The Labute approximate surface area is 354 Å². The molecule has 346 valence electrons. The van der Waals surface area contributed by atoms with Crippen molar-refractivity contribution in [2.75, 3.05) is 92.4 Å². The molecule has 0 bridgehead atoms. The molecule has 23 nitrogen and oxygen atoms in total. The first kappa shape index (κ1) is 53.9. The fourth-order valence-electron chi connectivity index (χ4n) is 5.04. The normalized spacial score (nSPS) is 14.3. The summed E-state index contributed by atoms with van der Waals surface area (Å²) in [5, 5.41) is 21.6. The first-order valence-corrected chi connectivity index (χ1v) is 20.0. The van der Waals surface area contributed by atoms with Gasteiger partial charge in [-0.3, -0.25) is 43.3 Å². The van der Waals surface area contributed by atoms with Gasteiger partial charge in [-0.2, -0.15) is 0 Å². The number of hydrogen-bond donors (Lipinski definition) is 7. The van der Waals surface area contributed by atoms with Crippen molar-refractivity contribution >= 4 is 53.2 Å². The average Bonchev–Trinajstić information content (AvgIpc) is 3.51. The number of imide groups is 1. The van der Waals surface area contributed by atoms with Crippen LogP contribution >= 0.6 is 0 Å². The molecule has 0 fully saturated rings. The summed E-state index contributed by atoms with van der Waals surface area (Å²) in [5.74, 6) is -6.36. The Hall–Kier alpha value is -5.07. The van der Waals surface area contributed by atoms with Crippen LogP contribution in [0.2, 0.25) is 0 Å². The first-order valence-electron chi connectivity index (χ1n) is 20.0. The third-order valence-electron chi connectivity index (χ3n) is 8.25. The lowest BCUT2D eigenvalue weighted by Gasteiger charge is -2.23. The van der Waals surface area contributed by atoms with Gasteiger partial charge in [0.2, 0.25) is 35.4 Å². The Kier molecular flexibility index (Phi) is 28.1. The molecular formula is C38H63N7O16. The van der Waals surface area contributed by atoms with Crippen LogP contribution in [0.15, 0.2) is 12.2 Å². The maximum Gasteiger partial charge on any atom is 0.326 e. The standard InChI is InChI=1S/C38H63N7O16/c1-25(2)23-29(38(54)55)44-37(53)28(24-30(39)46)43-36(52)27(4)42-35(51)26(3)41-32(48)8-11-56-13-15-58-17-19-60-21-22-61-20-18-59-16-14-57-12-9-40-31(47)7-10-45-33(49)5-6-34(45)50/h5-6,25-29H,7-24H2,1-4H3,(H2,39,46)(H,40,47)(H,41,48)(H,42,51)(H,43,52)(H,44,53)(H,54,55)/t26-,27-,28-,29-/m0/s1. The summed E-state index contributed by atoms with van der Waals surface area (Å²) < 4.78 is 32.5. The van der Waals surface area contributed by atoms with Crippen molar-refractivity contribution in [3.8, 4) is 0 Å². The van der Waals surface area contributed by atoms with Gasteiger partial charge >= 0.3 is 5.97 Å². The predicted octanol–water partition coefficient (Wildman–Crippen LogP) is -3.11. The number of nitrogens with zero attached hydrogens (tertiary/aromatic N) is 1. The van der Waals surface area contributed by atoms with Crippen molar-refractivity contribution in [3.63, 3.8) is 0 Å². The topological polar surface area (TPSA) is 319 Å². The number of carbonyl (C=O) groups excluding carboxylic acids is 8. The summed E-state index contributed by atoms with van der Waals surface area (Å²) >= 11 is 0. The molecule has 23 heteroatoms. The molecule has 8 N–H and O–H groups in total. The fourth-order valence-corrected chi connectivity index (χ4v) is 5.04. The molecule has 0 aliphatic carbocycles. The van der Waals surface area contributed by atoms with Crippen LogP contribution in [0.1, 0.15) is 53.4 Å². The predicted molar refractivity (Wildman–Crippen MR) is 213 cm³/mol. The summed E-state index contributed by atoms with van der Waals surface area (Å²) in [4.78, 5) is 109. The molecule has 0 aromatic carbocycles. The Balaban J connectivity index is 2.03. The number of amides is 8. The van der Waals surface area contributed by atoms with Crippen LogP contribution in [-0.2, 0) is 71.6 Å². The summed E-state index contributed by atoms with van der Waals surface area (Å²) in [7, 11) is 0. The molecule has 8 amide bonds. The number of hydrogen-bond acceptors (Lipinski definition) is 15. The molecule has 1 heterocycles. The van der Waals surface area contributed by atoms with Gasteiger partial charge in [0.15, 0.2) is 0 Å². The molecule has 0 saturated heterocycles. The molecular weight excluding hydrogens is 810 g/mol. The van der Waals surface area contributed by atoms with Gasteiger partial charge < -0.3 is 65.8 Å². The largest absolute Gasteiger partial charge is 0.480 e. The lowest BCUT2D eigenvalue weighted by Crippen LogP contribution is -2.57. The highest BCUT2D eigenvalue weighted by molar-refractivity contribution is 6.13. The van der Waals surface area contributed by atoms with E-state index in [9.17, 15) is 48.3 Å². The second-order valence-electron chi connectivity index (χ2n) is 14.0. The van der Waals surface area contributed by atoms with Crippen LogP contribution in [0.3, 0.4) is 0 Å². The minimum Gasteiger partial charge on any atom is -0.480 e. The zero-order chi connectivity index (χ0) is 45.6. The van der Waals surface area contributed by atoms with E-state index < -0.39 is 77.9 Å². The van der Waals surface area contributed by atoms with E-state index in [1.807, 2.05) is 0 Å². The van der Waals surface area contributed by atoms with Crippen molar-refractivity contribution < 1.29 is 76.7 Å². The van der Waals surface area contributed by atoms with Crippen molar-refractivity contribution in [2.24, 2.45) is 11.7 Å². The van der Waals surface area contributed by atoms with Crippen LogP contribution in [0.5, 0.6) is 0 Å². The van der Waals surface area contributed by atoms with E-state index in [0.29, 0.717) is 59.4 Å². The second-order valence-corrected chi connectivity index (χ2v) is 14.0. The molecule has 0 saturated carbocycles. The SMILES string of the molecule is CC(C)C[C@H](NC(=O)[C@H](CC(N)=O)NC(=O)[C@H](C)NC(=O)[C@H](C)NC(=O)CCOCCOCCOCCOCCOCCOCCNC(=O)CCN1C(=O)C=CC1=O)C(=O)O. The summed E-state index contributed by atoms with van der Waals surface area (Å²) in [5.41, 5.74) is 5.22. The first-order chi connectivity index (χ1) is 29.0. The van der Waals surface area contributed by atoms with E-state index in [-0.39, 0.29) is 64.1 Å². The highest BCUT2D eigenvalue weighted by Gasteiger charge is 2.30. The number of carboxylic acid groups (broad SMARTS) is 1. The average molecular weight is 874 g/mol. The number of nitrogens with one attached hydrogen (secondary N) is 5. The summed E-state index contributed by atoms with van der Waals surface area (Å²) in [6, 6.07) is -4.97. The van der Waals surface area contributed by atoms with Gasteiger partial charge in [0.1, 0.15) is 24.2 Å². The number of carboxylic acids is 1. The molecule has 0 aromatic heterocycles. The smallest absolute Gasteiger partial charge is 0.326 e. The molecule has 0 spiro atoms. The van der Waals surface area contributed by atoms with E-state index in [4.69, 9.17) is 34.2 Å². The highest BCUT2D eigenvalue weighted by atomic mass is 16.6. The van der Waals surface area contributed by atoms with Crippen molar-refractivity contribution in [1.82, 2.24) is 31.5 Å². The molecule has 4 atom stereocenters. The Bertz CT molecular complexity index is 1450. The molecule has 0 unspecified atom stereocenters. The molecule has 0 aromatic rings. The molecule has 0 radical (unpaired) electrons. The zero-order valence-electron chi connectivity index (χ0n) is 35.4. The molecule has 1 aliphatic rings. The maximum atomic E-state index is 12.7. The maximum absolute atomic E-state index is 12.7. The minimum absolute atomic E-state index is 0.0189. The van der Waals surface area contributed by atoms with E-state index in [2.05, 4.69) is 26.6 Å². The van der Waals surface area contributed by atoms with E-state index in [1.54, 1.807) is 13.8 Å². The van der Waals surface area contributed by atoms with Crippen LogP contribution in [-0.4, -0.2) is 180 Å². The van der Waals surface area contributed by atoms with Gasteiger partial charge in [-0.25, -0.2) is 4.79 Å². The number of aliphatic carboxylic acids is 1. The van der Waals surface area contributed by atoms with Gasteiger partial charge in [0, 0.05) is 38.1 Å². The third-order valence-corrected chi connectivity index (χ3v) is 8.25. The monoisotopic (exact) mass is 873 g/mol. The van der Waals surface area contributed by atoms with Gasteiger partial charge in [0.25, 0.3) is 11.8 Å². The number of rotatable bonds is 36. The molecule has 61 heavy (non-hydrogen) atoms. The van der Waals surface area contributed by atoms with Crippen LogP contribution in [0.25, 0.3) is 0 Å². The fraction of sp³-hybridized carbons (Fsp3) is 0.711. The van der Waals surface area contributed by atoms with Crippen LogP contribution in [0, 0.1) is 5.92 Å². The summed E-state index contributed by atoms with van der Waals surface area (Å²) in [6.45, 7) is 10.2. The van der Waals surface area contributed by atoms with Crippen molar-refractivity contribution in [3.05, 3.63) is 12.2 Å². The van der Waals surface area contributed by atoms with E-state index in [0.717, 1.165) is 4.90 Å². The van der Waals surface area contributed by atoms with E-state index >= 15 is 0 Å². The third kappa shape index (κ3) is 26.0. The van der Waals surface area contributed by atoms with Gasteiger partial charge in [0.05, 0.1) is 85.7 Å². The molecule has 1 rings (SSSR count). The summed E-state index contributed by atoms with van der Waals surface area (Å²) in [6.07, 6.45) is 1.81. The Morgan fingerprint density at radius 3 is 1.51 bits per heavy atom. The number of carbonyl (C=O) groups is 9.